The molecule has 3 rings (SSSR count). The van der Waals surface area contributed by atoms with Crippen molar-refractivity contribution in [3.63, 3.8) is 0 Å². The highest BCUT2D eigenvalue weighted by molar-refractivity contribution is 7.89. The summed E-state index contributed by atoms with van der Waals surface area (Å²) in [4.78, 5) is 5.29. The summed E-state index contributed by atoms with van der Waals surface area (Å²) >= 11 is 0. The average molecular weight is 323 g/mol. The van der Waals surface area contributed by atoms with Crippen LogP contribution in [0.25, 0.3) is 0 Å². The van der Waals surface area contributed by atoms with Gasteiger partial charge in [0.15, 0.2) is 0 Å². The number of hydrogen-bond donors (Lipinski definition) is 0. The lowest BCUT2D eigenvalue weighted by Crippen LogP contribution is -2.50. The van der Waals surface area contributed by atoms with E-state index in [-0.39, 0.29) is 0 Å². The quantitative estimate of drug-likeness (QED) is 0.814. The molecular weight excluding hydrogens is 298 g/mol. The number of likely N-dealkylation sites (tertiary alicyclic amines) is 1. The predicted octanol–water partition coefficient (Wildman–Crippen LogP) is 1.09. The highest BCUT2D eigenvalue weighted by Crippen LogP contribution is 2.17. The first-order chi connectivity index (χ1) is 10.7. The highest BCUT2D eigenvalue weighted by Gasteiger charge is 2.28. The van der Waals surface area contributed by atoms with Crippen LogP contribution in [0.4, 0.5) is 0 Å². The first-order valence-electron chi connectivity index (χ1n) is 8.16. The van der Waals surface area contributed by atoms with Crippen LogP contribution >= 0.6 is 0 Å². The zero-order chi connectivity index (χ0) is 15.4. The van der Waals surface area contributed by atoms with E-state index in [0.29, 0.717) is 18.0 Å². The maximum Gasteiger partial charge on any atom is 0.243 e. The highest BCUT2D eigenvalue weighted by atomic mass is 32.2. The minimum Gasteiger partial charge on any atom is -0.302 e. The van der Waals surface area contributed by atoms with Crippen molar-refractivity contribution in [1.82, 2.24) is 14.1 Å². The van der Waals surface area contributed by atoms with Gasteiger partial charge in [0, 0.05) is 39.3 Å². The molecule has 0 bridgehead atoms. The van der Waals surface area contributed by atoms with Gasteiger partial charge in [-0.25, -0.2) is 8.42 Å². The Bertz CT molecular complexity index is 562. The van der Waals surface area contributed by atoms with Crippen LogP contribution in [0.2, 0.25) is 0 Å². The van der Waals surface area contributed by atoms with Crippen molar-refractivity contribution in [2.75, 3.05) is 52.4 Å². The van der Waals surface area contributed by atoms with Crippen LogP contribution in [0.1, 0.15) is 12.8 Å². The van der Waals surface area contributed by atoms with Gasteiger partial charge in [-0.05, 0) is 38.1 Å². The van der Waals surface area contributed by atoms with Crippen LogP contribution < -0.4 is 0 Å². The third-order valence-corrected chi connectivity index (χ3v) is 6.56. The summed E-state index contributed by atoms with van der Waals surface area (Å²) in [6.07, 6.45) is 2.65. The van der Waals surface area contributed by atoms with Crippen molar-refractivity contribution >= 4 is 10.0 Å². The minimum atomic E-state index is -3.32. The van der Waals surface area contributed by atoms with Gasteiger partial charge in [-0.15, -0.1) is 0 Å². The fourth-order valence-corrected chi connectivity index (χ4v) is 4.67. The third-order valence-electron chi connectivity index (χ3n) is 4.64. The molecule has 2 aliphatic rings. The Morgan fingerprint density at radius 1 is 0.773 bits per heavy atom. The summed E-state index contributed by atoms with van der Waals surface area (Å²) in [6, 6.07) is 8.75. The maximum atomic E-state index is 12.6. The molecule has 6 heteroatoms. The van der Waals surface area contributed by atoms with Crippen LogP contribution in [-0.2, 0) is 10.0 Å². The summed E-state index contributed by atoms with van der Waals surface area (Å²) < 4.78 is 26.7. The van der Waals surface area contributed by atoms with Gasteiger partial charge in [-0.1, -0.05) is 18.2 Å². The van der Waals surface area contributed by atoms with E-state index in [1.807, 2.05) is 6.07 Å². The molecule has 2 heterocycles. The van der Waals surface area contributed by atoms with E-state index < -0.39 is 10.0 Å². The molecule has 0 saturated carbocycles. The SMILES string of the molecule is O=S(=O)(c1ccccc1)N1CCN(CCN2CCCC2)CC1. The summed E-state index contributed by atoms with van der Waals surface area (Å²) in [5.74, 6) is 0. The number of nitrogens with zero attached hydrogens (tertiary/aromatic N) is 3. The largest absolute Gasteiger partial charge is 0.302 e. The van der Waals surface area contributed by atoms with Gasteiger partial charge in [0.05, 0.1) is 4.90 Å². The van der Waals surface area contributed by atoms with E-state index in [4.69, 9.17) is 0 Å². The number of sulfonamides is 1. The van der Waals surface area contributed by atoms with E-state index in [9.17, 15) is 8.42 Å². The zero-order valence-corrected chi connectivity index (χ0v) is 13.8. The fourth-order valence-electron chi connectivity index (χ4n) is 3.22. The molecule has 1 aromatic rings. The monoisotopic (exact) mass is 323 g/mol. The molecule has 0 radical (unpaired) electrons. The van der Waals surface area contributed by atoms with Gasteiger partial charge in [0.2, 0.25) is 10.0 Å². The Hall–Kier alpha value is -0.950. The second-order valence-corrected chi connectivity index (χ2v) is 8.05. The molecule has 0 aromatic heterocycles. The van der Waals surface area contributed by atoms with Crippen molar-refractivity contribution < 1.29 is 8.42 Å². The van der Waals surface area contributed by atoms with Crippen molar-refractivity contribution in [3.8, 4) is 0 Å². The first-order valence-corrected chi connectivity index (χ1v) is 9.60. The Kier molecular flexibility index (Phi) is 5.13. The van der Waals surface area contributed by atoms with E-state index in [2.05, 4.69) is 9.80 Å². The molecule has 0 spiro atoms. The molecule has 122 valence electrons. The van der Waals surface area contributed by atoms with Gasteiger partial charge < -0.3 is 4.90 Å². The maximum absolute atomic E-state index is 12.6. The van der Waals surface area contributed by atoms with E-state index in [0.717, 1.165) is 26.2 Å². The van der Waals surface area contributed by atoms with Crippen LogP contribution in [0, 0.1) is 0 Å². The van der Waals surface area contributed by atoms with Crippen LogP contribution in [0.3, 0.4) is 0 Å². The summed E-state index contributed by atoms with van der Waals surface area (Å²) in [7, 11) is -3.32. The molecule has 2 aliphatic heterocycles. The van der Waals surface area contributed by atoms with Gasteiger partial charge in [0.25, 0.3) is 0 Å². The molecule has 5 nitrogen and oxygen atoms in total. The lowest BCUT2D eigenvalue weighted by atomic mass is 10.3. The number of hydrogen-bond acceptors (Lipinski definition) is 4. The van der Waals surface area contributed by atoms with Gasteiger partial charge in [0.1, 0.15) is 0 Å². The first kappa shape index (κ1) is 15.9. The molecule has 0 atom stereocenters. The summed E-state index contributed by atoms with van der Waals surface area (Å²) in [5, 5.41) is 0. The van der Waals surface area contributed by atoms with Crippen LogP contribution in [0.15, 0.2) is 35.2 Å². The Morgan fingerprint density at radius 3 is 1.91 bits per heavy atom. The lowest BCUT2D eigenvalue weighted by molar-refractivity contribution is 0.168. The topological polar surface area (TPSA) is 43.9 Å². The molecular formula is C16H25N3O2S. The Balaban J connectivity index is 1.51. The normalized spacial score (nSPS) is 22.2. The van der Waals surface area contributed by atoms with E-state index >= 15 is 0 Å². The zero-order valence-electron chi connectivity index (χ0n) is 13.0. The molecule has 22 heavy (non-hydrogen) atoms. The molecule has 2 saturated heterocycles. The standard InChI is InChI=1S/C16H25N3O2S/c20-22(21,16-6-2-1-3-7-16)19-14-12-18(13-15-19)11-10-17-8-4-5-9-17/h1-3,6-7H,4-5,8-15H2. The third kappa shape index (κ3) is 3.68. The lowest BCUT2D eigenvalue weighted by Gasteiger charge is -2.34. The summed E-state index contributed by atoms with van der Waals surface area (Å²) in [5.41, 5.74) is 0. The molecule has 0 aliphatic carbocycles. The number of rotatable bonds is 5. The van der Waals surface area contributed by atoms with Gasteiger partial charge >= 0.3 is 0 Å². The molecule has 0 amide bonds. The minimum absolute atomic E-state index is 0.403. The Morgan fingerprint density at radius 2 is 1.32 bits per heavy atom. The van der Waals surface area contributed by atoms with Gasteiger partial charge in [-0.2, -0.15) is 4.31 Å². The second kappa shape index (κ2) is 7.08. The number of benzene rings is 1. The molecule has 2 fully saturated rings. The van der Waals surface area contributed by atoms with Crippen molar-refractivity contribution in [2.24, 2.45) is 0 Å². The summed E-state index contributed by atoms with van der Waals surface area (Å²) in [6.45, 7) is 7.48. The van der Waals surface area contributed by atoms with Crippen molar-refractivity contribution in [3.05, 3.63) is 30.3 Å². The molecule has 0 N–H and O–H groups in total. The van der Waals surface area contributed by atoms with Crippen LogP contribution in [-0.4, -0.2) is 74.9 Å². The van der Waals surface area contributed by atoms with Crippen molar-refractivity contribution in [2.45, 2.75) is 17.7 Å². The van der Waals surface area contributed by atoms with Crippen LogP contribution in [0.5, 0.6) is 0 Å². The number of piperazine rings is 1. The van der Waals surface area contributed by atoms with E-state index in [1.54, 1.807) is 28.6 Å². The van der Waals surface area contributed by atoms with E-state index in [1.165, 1.54) is 25.9 Å². The van der Waals surface area contributed by atoms with Gasteiger partial charge in [-0.3, -0.25) is 4.90 Å². The fraction of sp³-hybridized carbons (Fsp3) is 0.625. The second-order valence-electron chi connectivity index (χ2n) is 6.11. The average Bonchev–Trinajstić information content (AvgIpc) is 3.08. The molecule has 1 aromatic carbocycles. The predicted molar refractivity (Wildman–Crippen MR) is 87.3 cm³/mol. The molecule has 0 unspecified atom stereocenters. The Labute approximate surface area is 133 Å². The van der Waals surface area contributed by atoms with Crippen molar-refractivity contribution in [1.29, 1.82) is 0 Å². The smallest absolute Gasteiger partial charge is 0.243 e.